The van der Waals surface area contributed by atoms with E-state index in [1.807, 2.05) is 13.0 Å². The van der Waals surface area contributed by atoms with Crippen molar-refractivity contribution in [1.82, 2.24) is 10.0 Å². The molecule has 1 unspecified atom stereocenters. The van der Waals surface area contributed by atoms with Gasteiger partial charge in [0.25, 0.3) is 5.91 Å². The van der Waals surface area contributed by atoms with Crippen LogP contribution in [0.5, 0.6) is 11.5 Å². The molecule has 1 amide bonds. The lowest BCUT2D eigenvalue weighted by Gasteiger charge is -2.17. The molecule has 31 heavy (non-hydrogen) atoms. The van der Waals surface area contributed by atoms with E-state index in [-0.39, 0.29) is 23.0 Å². The maximum absolute atomic E-state index is 12.7. The van der Waals surface area contributed by atoms with Crippen LogP contribution in [-0.4, -0.2) is 48.3 Å². The Kier molecular flexibility index (Phi) is 9.04. The number of hydrogen-bond acceptors (Lipinski definition) is 6. The molecule has 168 valence electrons. The third-order valence-electron chi connectivity index (χ3n) is 4.40. The summed E-state index contributed by atoms with van der Waals surface area (Å²) < 4.78 is 42.9. The highest BCUT2D eigenvalue weighted by Gasteiger charge is 2.18. The molecule has 2 aromatic rings. The number of carbonyl (C=O) groups excluding carboxylic acids is 1. The minimum Gasteiger partial charge on any atom is -0.493 e. The van der Waals surface area contributed by atoms with Crippen LogP contribution in [0.15, 0.2) is 60.0 Å². The summed E-state index contributed by atoms with van der Waals surface area (Å²) in [4.78, 5) is 12.7. The molecule has 0 saturated heterocycles. The van der Waals surface area contributed by atoms with Gasteiger partial charge in [-0.3, -0.25) is 4.79 Å². The highest BCUT2D eigenvalue weighted by molar-refractivity contribution is 7.89. The number of hydrogen-bond donors (Lipinski definition) is 2. The number of rotatable bonds is 12. The molecule has 0 spiro atoms. The lowest BCUT2D eigenvalue weighted by molar-refractivity contribution is 0.0939. The Bertz CT molecular complexity index is 1010. The average Bonchev–Trinajstić information content (AvgIpc) is 2.78. The van der Waals surface area contributed by atoms with Gasteiger partial charge in [0.15, 0.2) is 11.5 Å². The van der Waals surface area contributed by atoms with Crippen molar-refractivity contribution in [3.8, 4) is 11.5 Å². The smallest absolute Gasteiger partial charge is 0.251 e. The zero-order chi connectivity index (χ0) is 22.9. The number of amides is 1. The van der Waals surface area contributed by atoms with Gasteiger partial charge in [-0.2, -0.15) is 0 Å². The molecule has 0 saturated carbocycles. The Labute approximate surface area is 183 Å². The highest BCUT2D eigenvalue weighted by Crippen LogP contribution is 2.30. The van der Waals surface area contributed by atoms with E-state index >= 15 is 0 Å². The fourth-order valence-corrected chi connectivity index (χ4v) is 3.77. The van der Waals surface area contributed by atoms with Crippen molar-refractivity contribution in [1.29, 1.82) is 0 Å². The molecule has 2 aromatic carbocycles. The van der Waals surface area contributed by atoms with E-state index in [1.54, 1.807) is 25.3 Å². The normalized spacial score (nSPS) is 12.1. The number of benzene rings is 2. The van der Waals surface area contributed by atoms with Crippen molar-refractivity contribution >= 4 is 15.9 Å². The van der Waals surface area contributed by atoms with Crippen LogP contribution in [0.1, 0.15) is 28.9 Å². The van der Waals surface area contributed by atoms with Gasteiger partial charge < -0.3 is 19.5 Å². The molecule has 0 aliphatic carbocycles. The van der Waals surface area contributed by atoms with Crippen LogP contribution >= 0.6 is 0 Å². The first-order chi connectivity index (χ1) is 14.8. The minimum absolute atomic E-state index is 0.00822. The summed E-state index contributed by atoms with van der Waals surface area (Å²) in [5.41, 5.74) is 1.04. The fourth-order valence-electron chi connectivity index (χ4n) is 2.73. The average molecular weight is 449 g/mol. The second-order valence-corrected chi connectivity index (χ2v) is 8.38. The Balaban J connectivity index is 2.13. The van der Waals surface area contributed by atoms with E-state index in [2.05, 4.69) is 16.6 Å². The van der Waals surface area contributed by atoms with Gasteiger partial charge in [-0.15, -0.1) is 6.58 Å². The third-order valence-corrected chi connectivity index (χ3v) is 5.83. The summed E-state index contributed by atoms with van der Waals surface area (Å²) >= 11 is 0. The summed E-state index contributed by atoms with van der Waals surface area (Å²) in [6.45, 7) is 6.25. The third kappa shape index (κ3) is 6.81. The number of methoxy groups -OCH3 is 2. The van der Waals surface area contributed by atoms with Crippen LogP contribution in [0, 0.1) is 0 Å². The van der Waals surface area contributed by atoms with Crippen molar-refractivity contribution in [3.05, 3.63) is 66.2 Å². The molecule has 2 rings (SSSR count). The summed E-state index contributed by atoms with van der Waals surface area (Å²) in [5.74, 6) is 0.718. The molecule has 9 heteroatoms. The van der Waals surface area contributed by atoms with Crippen LogP contribution in [-0.2, 0) is 14.8 Å². The SMILES string of the molecule is C=CCNS(=O)(=O)c1cccc(C(=O)NC(C)c2ccc(OCCOC)c(OC)c2)c1. The Morgan fingerprint density at radius 3 is 2.58 bits per heavy atom. The largest absolute Gasteiger partial charge is 0.493 e. The lowest BCUT2D eigenvalue weighted by Crippen LogP contribution is -2.27. The van der Waals surface area contributed by atoms with Crippen LogP contribution < -0.4 is 19.5 Å². The Morgan fingerprint density at radius 1 is 1.13 bits per heavy atom. The lowest BCUT2D eigenvalue weighted by atomic mass is 10.1. The van der Waals surface area contributed by atoms with E-state index in [1.165, 1.54) is 31.4 Å². The van der Waals surface area contributed by atoms with Gasteiger partial charge in [-0.1, -0.05) is 18.2 Å². The van der Waals surface area contributed by atoms with Crippen molar-refractivity contribution < 1.29 is 27.4 Å². The molecule has 0 bridgehead atoms. The standard InChI is InChI=1S/C22H28N2O6S/c1-5-11-23-31(26,27)19-8-6-7-18(14-19)22(25)24-16(2)17-9-10-20(21(15-17)29-4)30-13-12-28-3/h5-10,14-16,23H,1,11-13H2,2-4H3,(H,24,25). The van der Waals surface area contributed by atoms with E-state index in [9.17, 15) is 13.2 Å². The first kappa shape index (κ1) is 24.4. The van der Waals surface area contributed by atoms with Crippen LogP contribution in [0.3, 0.4) is 0 Å². The predicted molar refractivity (Wildman–Crippen MR) is 118 cm³/mol. The van der Waals surface area contributed by atoms with E-state index in [0.717, 1.165) is 5.56 Å². The van der Waals surface area contributed by atoms with Gasteiger partial charge in [0.1, 0.15) is 6.61 Å². The van der Waals surface area contributed by atoms with Gasteiger partial charge in [-0.05, 0) is 42.8 Å². The number of carbonyl (C=O) groups is 1. The number of nitrogens with one attached hydrogen (secondary N) is 2. The molecule has 0 heterocycles. The first-order valence-electron chi connectivity index (χ1n) is 9.63. The Morgan fingerprint density at radius 2 is 1.90 bits per heavy atom. The maximum atomic E-state index is 12.7. The molecule has 0 aromatic heterocycles. The van der Waals surface area contributed by atoms with E-state index in [0.29, 0.717) is 24.7 Å². The van der Waals surface area contributed by atoms with Crippen molar-refractivity contribution in [2.75, 3.05) is 34.0 Å². The molecule has 8 nitrogen and oxygen atoms in total. The quantitative estimate of drug-likeness (QED) is 0.382. The summed E-state index contributed by atoms with van der Waals surface area (Å²) in [5, 5.41) is 2.87. The highest BCUT2D eigenvalue weighted by atomic mass is 32.2. The molecule has 0 radical (unpaired) electrons. The monoisotopic (exact) mass is 448 g/mol. The molecule has 2 N–H and O–H groups in total. The van der Waals surface area contributed by atoms with Gasteiger partial charge in [-0.25, -0.2) is 13.1 Å². The van der Waals surface area contributed by atoms with Gasteiger partial charge in [0, 0.05) is 19.2 Å². The number of sulfonamides is 1. The maximum Gasteiger partial charge on any atom is 0.251 e. The second kappa shape index (κ2) is 11.5. The van der Waals surface area contributed by atoms with Crippen molar-refractivity contribution in [2.24, 2.45) is 0 Å². The topological polar surface area (TPSA) is 103 Å². The van der Waals surface area contributed by atoms with Crippen LogP contribution in [0.2, 0.25) is 0 Å². The molecule has 1 atom stereocenters. The van der Waals surface area contributed by atoms with Crippen LogP contribution in [0.25, 0.3) is 0 Å². The molecule has 0 aliphatic heterocycles. The van der Waals surface area contributed by atoms with E-state index in [4.69, 9.17) is 14.2 Å². The molecule has 0 fully saturated rings. The van der Waals surface area contributed by atoms with Gasteiger partial charge >= 0.3 is 0 Å². The minimum atomic E-state index is -3.72. The second-order valence-electron chi connectivity index (χ2n) is 6.62. The number of ether oxygens (including phenoxy) is 3. The molecule has 0 aliphatic rings. The summed E-state index contributed by atoms with van der Waals surface area (Å²) in [6.07, 6.45) is 1.44. The van der Waals surface area contributed by atoms with E-state index < -0.39 is 15.9 Å². The Hall–Kier alpha value is -2.88. The van der Waals surface area contributed by atoms with Crippen molar-refractivity contribution in [2.45, 2.75) is 17.9 Å². The van der Waals surface area contributed by atoms with Gasteiger partial charge in [0.05, 0.1) is 24.7 Å². The fraction of sp³-hybridized carbons (Fsp3) is 0.318. The molecular weight excluding hydrogens is 420 g/mol. The first-order valence-corrected chi connectivity index (χ1v) is 11.1. The van der Waals surface area contributed by atoms with Gasteiger partial charge in [0.2, 0.25) is 10.0 Å². The zero-order valence-electron chi connectivity index (χ0n) is 17.9. The van der Waals surface area contributed by atoms with Crippen LogP contribution in [0.4, 0.5) is 0 Å². The zero-order valence-corrected chi connectivity index (χ0v) is 18.7. The summed E-state index contributed by atoms with van der Waals surface area (Å²) in [6, 6.07) is 10.9. The predicted octanol–water partition coefficient (Wildman–Crippen LogP) is 2.68. The van der Waals surface area contributed by atoms with Crippen molar-refractivity contribution in [3.63, 3.8) is 0 Å². The summed E-state index contributed by atoms with van der Waals surface area (Å²) in [7, 11) is -0.589. The molecular formula is C22H28N2O6S.